The van der Waals surface area contributed by atoms with Gasteiger partial charge >= 0.3 is 5.97 Å². The molecule has 0 aromatic heterocycles. The number of ketones is 1. The fourth-order valence-electron chi connectivity index (χ4n) is 4.10. The zero-order valence-electron chi connectivity index (χ0n) is 15.9. The van der Waals surface area contributed by atoms with E-state index in [9.17, 15) is 18.4 Å². The highest BCUT2D eigenvalue weighted by molar-refractivity contribution is 6.09. The summed E-state index contributed by atoms with van der Waals surface area (Å²) in [5.74, 6) is -4.52. The molecule has 1 aliphatic carbocycles. The van der Waals surface area contributed by atoms with Crippen LogP contribution in [0.25, 0.3) is 0 Å². The monoisotopic (exact) mass is 375 g/mol. The lowest BCUT2D eigenvalue weighted by molar-refractivity contribution is -0.146. The van der Waals surface area contributed by atoms with E-state index < -0.39 is 29.4 Å². The zero-order valence-corrected chi connectivity index (χ0v) is 15.9. The Morgan fingerprint density at radius 2 is 1.89 bits per heavy atom. The Morgan fingerprint density at radius 3 is 2.48 bits per heavy atom. The van der Waals surface area contributed by atoms with Crippen molar-refractivity contribution < 1.29 is 23.1 Å². The number of allylic oxidation sites excluding steroid dienone is 2. The Labute approximate surface area is 157 Å². The van der Waals surface area contributed by atoms with Crippen molar-refractivity contribution in [2.24, 2.45) is 16.3 Å². The van der Waals surface area contributed by atoms with Crippen LogP contribution in [-0.4, -0.2) is 24.1 Å². The van der Waals surface area contributed by atoms with Crippen molar-refractivity contribution in [2.45, 2.75) is 46.5 Å². The maximum absolute atomic E-state index is 14.7. The molecule has 1 heterocycles. The molecule has 0 saturated carbocycles. The summed E-state index contributed by atoms with van der Waals surface area (Å²) in [7, 11) is 0. The van der Waals surface area contributed by atoms with Crippen molar-refractivity contribution in [3.8, 4) is 0 Å². The number of hydrogen-bond acceptors (Lipinski definition) is 4. The summed E-state index contributed by atoms with van der Waals surface area (Å²) in [5.41, 5.74) is 0.592. The number of esters is 1. The largest absolute Gasteiger partial charge is 0.465 e. The molecule has 0 radical (unpaired) electrons. The Morgan fingerprint density at radius 1 is 1.26 bits per heavy atom. The van der Waals surface area contributed by atoms with Gasteiger partial charge in [-0.05, 0) is 37.8 Å². The molecule has 2 atom stereocenters. The van der Waals surface area contributed by atoms with E-state index >= 15 is 0 Å². The van der Waals surface area contributed by atoms with Crippen LogP contribution in [0.15, 0.2) is 34.5 Å². The van der Waals surface area contributed by atoms with Gasteiger partial charge in [0.1, 0.15) is 17.6 Å². The third-order valence-electron chi connectivity index (χ3n) is 5.15. The highest BCUT2D eigenvalue weighted by Gasteiger charge is 2.47. The molecule has 0 fully saturated rings. The van der Waals surface area contributed by atoms with E-state index in [2.05, 4.69) is 4.99 Å². The Kier molecular flexibility index (Phi) is 5.02. The first kappa shape index (κ1) is 19.4. The van der Waals surface area contributed by atoms with Gasteiger partial charge in [-0.2, -0.15) is 0 Å². The molecule has 0 N–H and O–H groups in total. The second kappa shape index (κ2) is 6.98. The van der Waals surface area contributed by atoms with Gasteiger partial charge in [0.15, 0.2) is 5.78 Å². The van der Waals surface area contributed by atoms with E-state index in [0.29, 0.717) is 17.8 Å². The van der Waals surface area contributed by atoms with E-state index in [0.717, 1.165) is 12.1 Å². The number of nitrogens with zero attached hydrogens (tertiary/aromatic N) is 1. The van der Waals surface area contributed by atoms with Crippen LogP contribution in [0.3, 0.4) is 0 Å². The Bertz CT molecular complexity index is 850. The number of rotatable bonds is 3. The van der Waals surface area contributed by atoms with Crippen LogP contribution in [0.5, 0.6) is 0 Å². The molecule has 1 unspecified atom stereocenters. The fourth-order valence-corrected chi connectivity index (χ4v) is 4.10. The summed E-state index contributed by atoms with van der Waals surface area (Å²) in [4.78, 5) is 30.1. The average molecular weight is 375 g/mol. The molecule has 1 aromatic rings. The molecule has 27 heavy (non-hydrogen) atoms. The topological polar surface area (TPSA) is 55.7 Å². The fraction of sp³-hybridized carbons (Fsp3) is 0.476. The first-order valence-corrected chi connectivity index (χ1v) is 9.08. The Hall–Kier alpha value is -2.37. The van der Waals surface area contributed by atoms with Crippen LogP contribution in [-0.2, 0) is 14.3 Å². The van der Waals surface area contributed by atoms with E-state index in [1.165, 1.54) is 6.07 Å². The van der Waals surface area contributed by atoms with Gasteiger partial charge in [0, 0.05) is 34.9 Å². The number of hydrogen-bond donors (Lipinski definition) is 0. The second-order valence-electron chi connectivity index (χ2n) is 7.90. The summed E-state index contributed by atoms with van der Waals surface area (Å²) in [6, 6.07) is 3.54. The lowest BCUT2D eigenvalue weighted by Gasteiger charge is -2.39. The molecule has 2 aliphatic rings. The van der Waals surface area contributed by atoms with Crippen molar-refractivity contribution in [1.29, 1.82) is 0 Å². The normalized spacial score (nSPS) is 24.4. The molecule has 0 spiro atoms. The van der Waals surface area contributed by atoms with Crippen LogP contribution >= 0.6 is 0 Å². The molecule has 1 aromatic carbocycles. The smallest absolute Gasteiger partial charge is 0.315 e. The number of aliphatic imine (C=N–C) groups is 1. The number of benzene rings is 1. The van der Waals surface area contributed by atoms with Gasteiger partial charge in [-0.15, -0.1) is 0 Å². The maximum Gasteiger partial charge on any atom is 0.315 e. The molecule has 0 saturated heterocycles. The molecular weight excluding hydrogens is 352 g/mol. The van der Waals surface area contributed by atoms with Gasteiger partial charge in [0.25, 0.3) is 0 Å². The molecule has 144 valence electrons. The standard InChI is InChI=1S/C21H23F2NO3/c1-5-27-20(26)16-11(2)24-14-9-21(3,4)10-15(25)18(14)19(16)17-12(22)7-6-8-13(17)23/h6-8,16,19H,5,9-10H2,1-4H3/t16?,19-/m0/s1. The van der Waals surface area contributed by atoms with E-state index in [-0.39, 0.29) is 35.4 Å². The summed E-state index contributed by atoms with van der Waals surface area (Å²) in [6.07, 6.45) is 0.746. The molecule has 1 aliphatic heterocycles. The lowest BCUT2D eigenvalue weighted by Crippen LogP contribution is -2.40. The molecule has 6 heteroatoms. The molecule has 0 bridgehead atoms. The minimum atomic E-state index is -1.07. The number of carbonyl (C=O) groups is 2. The highest BCUT2D eigenvalue weighted by atomic mass is 19.1. The summed E-state index contributed by atoms with van der Waals surface area (Å²) < 4.78 is 34.5. The first-order valence-electron chi connectivity index (χ1n) is 9.08. The summed E-state index contributed by atoms with van der Waals surface area (Å²) in [5, 5.41) is 0. The van der Waals surface area contributed by atoms with Crippen LogP contribution in [0, 0.1) is 23.0 Å². The van der Waals surface area contributed by atoms with E-state index in [1.54, 1.807) is 13.8 Å². The van der Waals surface area contributed by atoms with E-state index in [4.69, 9.17) is 4.74 Å². The Balaban J connectivity index is 2.25. The predicted molar refractivity (Wildman–Crippen MR) is 97.4 cm³/mol. The third kappa shape index (κ3) is 3.45. The van der Waals surface area contributed by atoms with Gasteiger partial charge in [0.2, 0.25) is 0 Å². The average Bonchev–Trinajstić information content (AvgIpc) is 2.52. The van der Waals surface area contributed by atoms with Gasteiger partial charge < -0.3 is 4.74 Å². The van der Waals surface area contributed by atoms with Crippen LogP contribution in [0.2, 0.25) is 0 Å². The quantitative estimate of drug-likeness (QED) is 0.738. The minimum absolute atomic E-state index is 0.127. The van der Waals surface area contributed by atoms with Crippen LogP contribution in [0.4, 0.5) is 8.78 Å². The lowest BCUT2D eigenvalue weighted by atomic mass is 9.66. The predicted octanol–water partition coefficient (Wildman–Crippen LogP) is 4.35. The summed E-state index contributed by atoms with van der Waals surface area (Å²) >= 11 is 0. The van der Waals surface area contributed by atoms with Gasteiger partial charge in [-0.3, -0.25) is 14.6 Å². The molecular formula is C21H23F2NO3. The number of Topliss-reactive ketones (excluding diaryl/α,β-unsaturated/α-hetero) is 1. The van der Waals surface area contributed by atoms with Crippen molar-refractivity contribution in [3.05, 3.63) is 46.7 Å². The minimum Gasteiger partial charge on any atom is -0.465 e. The van der Waals surface area contributed by atoms with Crippen molar-refractivity contribution in [3.63, 3.8) is 0 Å². The molecule has 0 amide bonds. The molecule has 3 rings (SSSR count). The van der Waals surface area contributed by atoms with E-state index in [1.807, 2.05) is 13.8 Å². The first-order chi connectivity index (χ1) is 12.7. The number of carbonyl (C=O) groups excluding carboxylic acids is 2. The third-order valence-corrected chi connectivity index (χ3v) is 5.15. The maximum atomic E-state index is 14.7. The number of ether oxygens (including phenoxy) is 1. The van der Waals surface area contributed by atoms with Crippen molar-refractivity contribution in [2.75, 3.05) is 6.61 Å². The SMILES string of the molecule is CCOC(=O)C1C(C)=NC2=C(C(=O)CC(C)(C)C2)[C@@H]1c1c(F)cccc1F. The van der Waals surface area contributed by atoms with Gasteiger partial charge in [-0.25, -0.2) is 8.78 Å². The van der Waals surface area contributed by atoms with Crippen LogP contribution < -0.4 is 0 Å². The highest BCUT2D eigenvalue weighted by Crippen LogP contribution is 2.48. The zero-order chi connectivity index (χ0) is 19.9. The summed E-state index contributed by atoms with van der Waals surface area (Å²) in [6.45, 7) is 7.33. The van der Waals surface area contributed by atoms with Gasteiger partial charge in [0.05, 0.1) is 6.61 Å². The van der Waals surface area contributed by atoms with Crippen LogP contribution in [0.1, 0.15) is 52.0 Å². The van der Waals surface area contributed by atoms with Crippen molar-refractivity contribution >= 4 is 17.5 Å². The number of halogens is 2. The second-order valence-corrected chi connectivity index (χ2v) is 7.90. The van der Waals surface area contributed by atoms with Crippen molar-refractivity contribution in [1.82, 2.24) is 0 Å². The van der Waals surface area contributed by atoms with Gasteiger partial charge in [-0.1, -0.05) is 19.9 Å². The molecule has 4 nitrogen and oxygen atoms in total.